The van der Waals surface area contributed by atoms with Gasteiger partial charge < -0.3 is 14.3 Å². The molecule has 3 nitrogen and oxygen atoms in total. The van der Waals surface area contributed by atoms with Crippen LogP contribution in [0.15, 0.2) is 41.0 Å². The zero-order valence-electron chi connectivity index (χ0n) is 11.0. The maximum atomic E-state index is 10.3. The lowest BCUT2D eigenvalue weighted by molar-refractivity contribution is 0.144. The summed E-state index contributed by atoms with van der Waals surface area (Å²) in [6.07, 6.45) is 2.82. The molecule has 0 saturated heterocycles. The van der Waals surface area contributed by atoms with Crippen LogP contribution in [-0.4, -0.2) is 11.7 Å². The van der Waals surface area contributed by atoms with Crippen LogP contribution < -0.4 is 4.74 Å². The summed E-state index contributed by atoms with van der Waals surface area (Å²) in [6.45, 7) is 2.61. The van der Waals surface area contributed by atoms with Gasteiger partial charge in [0.2, 0.25) is 0 Å². The molecule has 1 aromatic carbocycles. The summed E-state index contributed by atoms with van der Waals surface area (Å²) < 4.78 is 10.9. The van der Waals surface area contributed by atoms with Crippen LogP contribution in [0.1, 0.15) is 41.8 Å². The molecule has 2 heterocycles. The molecule has 0 amide bonds. The Labute approximate surface area is 112 Å². The highest BCUT2D eigenvalue weighted by Crippen LogP contribution is 2.38. The van der Waals surface area contributed by atoms with E-state index < -0.39 is 6.10 Å². The Hall–Kier alpha value is -1.74. The van der Waals surface area contributed by atoms with Gasteiger partial charge in [-0.15, -0.1) is 0 Å². The number of para-hydroxylation sites is 1. The zero-order chi connectivity index (χ0) is 13.2. The standard InChI is InChI=1S/C16H18O3/c1-11-8-13(10-19-11)15(17)9-12-6-7-18-16-5-3-2-4-14(12)16/h2-5,8,10,12,15,17H,6-7,9H2,1H3. The van der Waals surface area contributed by atoms with Crippen molar-refractivity contribution in [3.8, 4) is 5.75 Å². The Kier molecular flexibility index (Phi) is 3.30. The third-order valence-electron chi connectivity index (χ3n) is 3.73. The summed E-state index contributed by atoms with van der Waals surface area (Å²) in [6, 6.07) is 9.99. The molecule has 0 spiro atoms. The molecule has 1 aliphatic rings. The summed E-state index contributed by atoms with van der Waals surface area (Å²) in [5.74, 6) is 2.13. The van der Waals surface area contributed by atoms with Gasteiger partial charge in [-0.3, -0.25) is 0 Å². The highest BCUT2D eigenvalue weighted by molar-refractivity contribution is 5.38. The van der Waals surface area contributed by atoms with Crippen molar-refractivity contribution in [2.75, 3.05) is 6.61 Å². The first kappa shape index (κ1) is 12.3. The second kappa shape index (κ2) is 5.10. The second-order valence-corrected chi connectivity index (χ2v) is 5.11. The molecule has 2 atom stereocenters. The Balaban J connectivity index is 1.77. The predicted molar refractivity (Wildman–Crippen MR) is 72.3 cm³/mol. The van der Waals surface area contributed by atoms with E-state index in [2.05, 4.69) is 6.07 Å². The fourth-order valence-electron chi connectivity index (χ4n) is 2.70. The third kappa shape index (κ3) is 2.51. The number of rotatable bonds is 3. The maximum Gasteiger partial charge on any atom is 0.122 e. The lowest BCUT2D eigenvalue weighted by Gasteiger charge is -2.27. The van der Waals surface area contributed by atoms with Gasteiger partial charge >= 0.3 is 0 Å². The van der Waals surface area contributed by atoms with Gasteiger partial charge in [0.1, 0.15) is 11.5 Å². The van der Waals surface area contributed by atoms with E-state index in [1.165, 1.54) is 5.56 Å². The lowest BCUT2D eigenvalue weighted by atomic mass is 9.87. The topological polar surface area (TPSA) is 42.6 Å². The lowest BCUT2D eigenvalue weighted by Crippen LogP contribution is -2.16. The van der Waals surface area contributed by atoms with Gasteiger partial charge in [-0.2, -0.15) is 0 Å². The van der Waals surface area contributed by atoms with Crippen molar-refractivity contribution >= 4 is 0 Å². The molecule has 0 saturated carbocycles. The quantitative estimate of drug-likeness (QED) is 0.915. The molecular weight excluding hydrogens is 240 g/mol. The third-order valence-corrected chi connectivity index (χ3v) is 3.73. The fraction of sp³-hybridized carbons (Fsp3) is 0.375. The van der Waals surface area contributed by atoms with Crippen LogP contribution in [0.2, 0.25) is 0 Å². The van der Waals surface area contributed by atoms with Crippen LogP contribution in [0.5, 0.6) is 5.75 Å². The predicted octanol–water partition coefficient (Wildman–Crippen LogP) is 3.58. The molecule has 100 valence electrons. The van der Waals surface area contributed by atoms with Crippen LogP contribution in [0.4, 0.5) is 0 Å². The summed E-state index contributed by atoms with van der Waals surface area (Å²) in [4.78, 5) is 0. The van der Waals surface area contributed by atoms with Gasteiger partial charge in [0.05, 0.1) is 19.0 Å². The van der Waals surface area contributed by atoms with Crippen LogP contribution in [-0.2, 0) is 0 Å². The average Bonchev–Trinajstić information content (AvgIpc) is 2.86. The molecule has 0 aliphatic carbocycles. The Morgan fingerprint density at radius 1 is 1.37 bits per heavy atom. The molecule has 3 heteroatoms. The number of hydrogen-bond donors (Lipinski definition) is 1. The minimum atomic E-state index is -0.478. The molecule has 19 heavy (non-hydrogen) atoms. The van der Waals surface area contributed by atoms with E-state index in [4.69, 9.17) is 9.15 Å². The first-order valence-corrected chi connectivity index (χ1v) is 6.69. The van der Waals surface area contributed by atoms with E-state index in [1.54, 1.807) is 6.26 Å². The monoisotopic (exact) mass is 258 g/mol. The number of ether oxygens (including phenoxy) is 1. The normalized spacial score (nSPS) is 19.6. The van der Waals surface area contributed by atoms with E-state index in [9.17, 15) is 5.11 Å². The van der Waals surface area contributed by atoms with Gasteiger partial charge in [-0.1, -0.05) is 18.2 Å². The smallest absolute Gasteiger partial charge is 0.122 e. The number of hydrogen-bond acceptors (Lipinski definition) is 3. The summed E-state index contributed by atoms with van der Waals surface area (Å²) in [5.41, 5.74) is 2.06. The fourth-order valence-corrected chi connectivity index (χ4v) is 2.70. The Bertz CT molecular complexity index is 559. The number of benzene rings is 1. The number of aliphatic hydroxyl groups excluding tert-OH is 1. The number of fused-ring (bicyclic) bond motifs is 1. The largest absolute Gasteiger partial charge is 0.493 e. The van der Waals surface area contributed by atoms with E-state index in [0.717, 1.165) is 30.1 Å². The molecule has 1 N–H and O–H groups in total. The summed E-state index contributed by atoms with van der Waals surface area (Å²) in [5, 5.41) is 10.3. The Morgan fingerprint density at radius 2 is 2.21 bits per heavy atom. The minimum Gasteiger partial charge on any atom is -0.493 e. The molecule has 1 aliphatic heterocycles. The Morgan fingerprint density at radius 3 is 3.00 bits per heavy atom. The van der Waals surface area contributed by atoms with Gasteiger partial charge in [0, 0.05) is 5.56 Å². The van der Waals surface area contributed by atoms with Crippen molar-refractivity contribution < 1.29 is 14.3 Å². The molecular formula is C16H18O3. The molecule has 2 unspecified atom stereocenters. The van der Waals surface area contributed by atoms with Gasteiger partial charge in [-0.05, 0) is 43.4 Å². The van der Waals surface area contributed by atoms with E-state index in [1.807, 2.05) is 31.2 Å². The van der Waals surface area contributed by atoms with Gasteiger partial charge in [0.25, 0.3) is 0 Å². The molecule has 0 fully saturated rings. The van der Waals surface area contributed by atoms with E-state index in [-0.39, 0.29) is 0 Å². The van der Waals surface area contributed by atoms with Crippen LogP contribution in [0.3, 0.4) is 0 Å². The van der Waals surface area contributed by atoms with Crippen molar-refractivity contribution in [1.82, 2.24) is 0 Å². The van der Waals surface area contributed by atoms with Gasteiger partial charge in [-0.25, -0.2) is 0 Å². The maximum absolute atomic E-state index is 10.3. The molecule has 0 radical (unpaired) electrons. The molecule has 2 aromatic rings. The van der Waals surface area contributed by atoms with E-state index in [0.29, 0.717) is 12.3 Å². The van der Waals surface area contributed by atoms with Crippen molar-refractivity contribution in [2.24, 2.45) is 0 Å². The highest BCUT2D eigenvalue weighted by atomic mass is 16.5. The van der Waals surface area contributed by atoms with Gasteiger partial charge in [0.15, 0.2) is 0 Å². The van der Waals surface area contributed by atoms with Crippen molar-refractivity contribution in [3.63, 3.8) is 0 Å². The zero-order valence-corrected chi connectivity index (χ0v) is 11.0. The number of aryl methyl sites for hydroxylation is 1. The average molecular weight is 258 g/mol. The molecule has 0 bridgehead atoms. The second-order valence-electron chi connectivity index (χ2n) is 5.11. The van der Waals surface area contributed by atoms with Crippen molar-refractivity contribution in [1.29, 1.82) is 0 Å². The number of aliphatic hydroxyl groups is 1. The first-order valence-electron chi connectivity index (χ1n) is 6.69. The minimum absolute atomic E-state index is 0.343. The highest BCUT2D eigenvalue weighted by Gasteiger charge is 2.24. The number of furan rings is 1. The molecule has 3 rings (SSSR count). The molecule has 1 aromatic heterocycles. The van der Waals surface area contributed by atoms with Crippen molar-refractivity contribution in [3.05, 3.63) is 53.5 Å². The first-order chi connectivity index (χ1) is 9.24. The van der Waals surface area contributed by atoms with E-state index >= 15 is 0 Å². The van der Waals surface area contributed by atoms with Crippen LogP contribution in [0.25, 0.3) is 0 Å². The van der Waals surface area contributed by atoms with Crippen LogP contribution in [0, 0.1) is 6.92 Å². The summed E-state index contributed by atoms with van der Waals surface area (Å²) in [7, 11) is 0. The van der Waals surface area contributed by atoms with Crippen LogP contribution >= 0.6 is 0 Å². The van der Waals surface area contributed by atoms with Crippen molar-refractivity contribution in [2.45, 2.75) is 31.8 Å². The summed E-state index contributed by atoms with van der Waals surface area (Å²) >= 11 is 0. The SMILES string of the molecule is Cc1cc(C(O)CC2CCOc3ccccc32)co1.